The Morgan fingerprint density at radius 2 is 1.92 bits per heavy atom. The fourth-order valence-electron chi connectivity index (χ4n) is 1.30. The molecular weight excluding hydrogens is 226 g/mol. The van der Waals surface area contributed by atoms with Crippen LogP contribution in [0.2, 0.25) is 0 Å². The van der Waals surface area contributed by atoms with Gasteiger partial charge in [-0.1, -0.05) is 36.7 Å². The molecule has 1 nitrogen and oxygen atoms in total. The zero-order chi connectivity index (χ0) is 10.1. The van der Waals surface area contributed by atoms with E-state index in [0.29, 0.717) is 5.41 Å². The van der Waals surface area contributed by atoms with Crippen LogP contribution in [0, 0.1) is 5.41 Å². The van der Waals surface area contributed by atoms with E-state index in [1.165, 1.54) is 5.56 Å². The zero-order valence-corrected chi connectivity index (χ0v) is 9.98. The second-order valence-electron chi connectivity index (χ2n) is 4.59. The highest BCUT2D eigenvalue weighted by atomic mass is 79.9. The standard InChI is InChI=1S/C11H16BrN/c1-11(2,3)7-8-6-9(13)4-5-10(8)12/h4-6H,7,13H2,1-3H3. The monoisotopic (exact) mass is 241 g/mol. The average molecular weight is 242 g/mol. The van der Waals surface area contributed by atoms with Crippen molar-refractivity contribution in [3.8, 4) is 0 Å². The fraction of sp³-hybridized carbons (Fsp3) is 0.455. The van der Waals surface area contributed by atoms with E-state index in [1.807, 2.05) is 18.2 Å². The molecule has 0 spiro atoms. The van der Waals surface area contributed by atoms with Crippen molar-refractivity contribution >= 4 is 21.6 Å². The molecule has 1 aromatic rings. The van der Waals surface area contributed by atoms with E-state index < -0.39 is 0 Å². The summed E-state index contributed by atoms with van der Waals surface area (Å²) in [6.45, 7) is 6.67. The first-order valence-corrected chi connectivity index (χ1v) is 5.22. The molecule has 1 aromatic carbocycles. The van der Waals surface area contributed by atoms with E-state index in [0.717, 1.165) is 16.6 Å². The predicted octanol–water partition coefficient (Wildman–Crippen LogP) is 3.62. The molecule has 0 aliphatic carbocycles. The Labute approximate surface area is 88.5 Å². The van der Waals surface area contributed by atoms with Gasteiger partial charge in [0.05, 0.1) is 0 Å². The number of rotatable bonds is 1. The second-order valence-corrected chi connectivity index (χ2v) is 5.44. The molecule has 13 heavy (non-hydrogen) atoms. The topological polar surface area (TPSA) is 26.0 Å². The van der Waals surface area contributed by atoms with Gasteiger partial charge < -0.3 is 5.73 Å². The van der Waals surface area contributed by atoms with Gasteiger partial charge in [-0.2, -0.15) is 0 Å². The van der Waals surface area contributed by atoms with E-state index in [9.17, 15) is 0 Å². The van der Waals surface area contributed by atoms with E-state index in [4.69, 9.17) is 5.73 Å². The number of hydrogen-bond acceptors (Lipinski definition) is 1. The molecule has 0 fully saturated rings. The lowest BCUT2D eigenvalue weighted by Crippen LogP contribution is -2.09. The highest BCUT2D eigenvalue weighted by Crippen LogP contribution is 2.27. The van der Waals surface area contributed by atoms with Crippen molar-refractivity contribution in [3.05, 3.63) is 28.2 Å². The largest absolute Gasteiger partial charge is 0.399 e. The van der Waals surface area contributed by atoms with Gasteiger partial charge in [0.25, 0.3) is 0 Å². The molecule has 0 aliphatic rings. The Kier molecular flexibility index (Phi) is 3.01. The van der Waals surface area contributed by atoms with Crippen molar-refractivity contribution in [2.24, 2.45) is 5.41 Å². The predicted molar refractivity (Wildman–Crippen MR) is 61.7 cm³/mol. The van der Waals surface area contributed by atoms with Crippen LogP contribution in [0.5, 0.6) is 0 Å². The van der Waals surface area contributed by atoms with Gasteiger partial charge in [0.15, 0.2) is 0 Å². The smallest absolute Gasteiger partial charge is 0.0317 e. The Balaban J connectivity index is 2.94. The number of hydrogen-bond donors (Lipinski definition) is 1. The maximum absolute atomic E-state index is 5.73. The molecule has 0 aromatic heterocycles. The van der Waals surface area contributed by atoms with Crippen LogP contribution in [0.4, 0.5) is 5.69 Å². The summed E-state index contributed by atoms with van der Waals surface area (Å²) in [4.78, 5) is 0. The summed E-state index contributed by atoms with van der Waals surface area (Å²) in [5.74, 6) is 0. The molecule has 0 radical (unpaired) electrons. The van der Waals surface area contributed by atoms with Crippen LogP contribution in [-0.2, 0) is 6.42 Å². The lowest BCUT2D eigenvalue weighted by molar-refractivity contribution is 0.410. The zero-order valence-electron chi connectivity index (χ0n) is 8.39. The fourth-order valence-corrected chi connectivity index (χ4v) is 1.69. The van der Waals surface area contributed by atoms with Crippen molar-refractivity contribution in [1.29, 1.82) is 0 Å². The van der Waals surface area contributed by atoms with Crippen LogP contribution in [0.3, 0.4) is 0 Å². The van der Waals surface area contributed by atoms with E-state index in [-0.39, 0.29) is 0 Å². The number of nitrogens with two attached hydrogens (primary N) is 1. The lowest BCUT2D eigenvalue weighted by atomic mass is 9.88. The lowest BCUT2D eigenvalue weighted by Gasteiger charge is -2.19. The van der Waals surface area contributed by atoms with Gasteiger partial charge in [-0.15, -0.1) is 0 Å². The minimum absolute atomic E-state index is 0.302. The van der Waals surface area contributed by atoms with Gasteiger partial charge in [0.2, 0.25) is 0 Å². The first kappa shape index (κ1) is 10.6. The third kappa shape index (κ3) is 3.39. The van der Waals surface area contributed by atoms with Crippen molar-refractivity contribution in [1.82, 2.24) is 0 Å². The van der Waals surface area contributed by atoms with Crippen molar-refractivity contribution < 1.29 is 0 Å². The quantitative estimate of drug-likeness (QED) is 0.748. The van der Waals surface area contributed by atoms with Crippen LogP contribution >= 0.6 is 15.9 Å². The van der Waals surface area contributed by atoms with Crippen molar-refractivity contribution in [2.45, 2.75) is 27.2 Å². The summed E-state index contributed by atoms with van der Waals surface area (Å²) >= 11 is 3.53. The van der Waals surface area contributed by atoms with Crippen LogP contribution in [-0.4, -0.2) is 0 Å². The molecule has 2 N–H and O–H groups in total. The average Bonchev–Trinajstić information content (AvgIpc) is 1.94. The molecule has 0 saturated heterocycles. The number of halogens is 1. The molecule has 0 aliphatic heterocycles. The molecular formula is C11H16BrN. The third-order valence-corrected chi connectivity index (χ3v) is 2.56. The molecule has 72 valence electrons. The second kappa shape index (κ2) is 3.70. The Bertz CT molecular complexity index is 299. The molecule has 0 unspecified atom stereocenters. The summed E-state index contributed by atoms with van der Waals surface area (Å²) in [6, 6.07) is 5.96. The van der Waals surface area contributed by atoms with Gasteiger partial charge >= 0.3 is 0 Å². The van der Waals surface area contributed by atoms with Gasteiger partial charge in [-0.3, -0.25) is 0 Å². The molecule has 0 atom stereocenters. The number of benzene rings is 1. The Hall–Kier alpha value is -0.500. The molecule has 0 heterocycles. The van der Waals surface area contributed by atoms with Gasteiger partial charge in [0, 0.05) is 10.2 Å². The van der Waals surface area contributed by atoms with Crippen LogP contribution in [0.15, 0.2) is 22.7 Å². The molecule has 0 saturated carbocycles. The van der Waals surface area contributed by atoms with E-state index in [2.05, 4.69) is 36.7 Å². The van der Waals surface area contributed by atoms with Crippen LogP contribution in [0.25, 0.3) is 0 Å². The van der Waals surface area contributed by atoms with E-state index >= 15 is 0 Å². The first-order chi connectivity index (χ1) is 5.88. The van der Waals surface area contributed by atoms with Crippen LogP contribution in [0.1, 0.15) is 26.3 Å². The normalized spacial score (nSPS) is 11.7. The number of anilines is 1. The molecule has 0 bridgehead atoms. The minimum atomic E-state index is 0.302. The highest BCUT2D eigenvalue weighted by Gasteiger charge is 2.13. The Morgan fingerprint density at radius 3 is 2.46 bits per heavy atom. The summed E-state index contributed by atoms with van der Waals surface area (Å²) < 4.78 is 1.15. The van der Waals surface area contributed by atoms with Crippen LogP contribution < -0.4 is 5.73 Å². The SMILES string of the molecule is CC(C)(C)Cc1cc(N)ccc1Br. The van der Waals surface area contributed by atoms with Crippen molar-refractivity contribution in [2.75, 3.05) is 5.73 Å². The maximum atomic E-state index is 5.73. The third-order valence-electron chi connectivity index (χ3n) is 1.79. The summed E-state index contributed by atoms with van der Waals surface area (Å²) in [7, 11) is 0. The number of nitrogen functional groups attached to an aromatic ring is 1. The van der Waals surface area contributed by atoms with E-state index in [1.54, 1.807) is 0 Å². The molecule has 2 heteroatoms. The summed E-state index contributed by atoms with van der Waals surface area (Å²) in [5.41, 5.74) is 8.15. The minimum Gasteiger partial charge on any atom is -0.399 e. The Morgan fingerprint density at radius 1 is 1.31 bits per heavy atom. The molecule has 0 amide bonds. The van der Waals surface area contributed by atoms with Gasteiger partial charge in [-0.25, -0.2) is 0 Å². The highest BCUT2D eigenvalue weighted by molar-refractivity contribution is 9.10. The molecule has 1 rings (SSSR count). The van der Waals surface area contributed by atoms with Gasteiger partial charge in [0.1, 0.15) is 0 Å². The summed E-state index contributed by atoms with van der Waals surface area (Å²) in [5, 5.41) is 0. The van der Waals surface area contributed by atoms with Gasteiger partial charge in [-0.05, 0) is 35.6 Å². The summed E-state index contributed by atoms with van der Waals surface area (Å²) in [6.07, 6.45) is 1.04. The van der Waals surface area contributed by atoms with Crippen molar-refractivity contribution in [3.63, 3.8) is 0 Å². The maximum Gasteiger partial charge on any atom is 0.0317 e. The first-order valence-electron chi connectivity index (χ1n) is 4.42.